The summed E-state index contributed by atoms with van der Waals surface area (Å²) in [6.45, 7) is 2.73. The van der Waals surface area contributed by atoms with Gasteiger partial charge >= 0.3 is 5.97 Å². The van der Waals surface area contributed by atoms with Crippen molar-refractivity contribution in [1.29, 1.82) is 0 Å². The maximum atomic E-state index is 11.7. The average molecular weight is 608 g/mol. The molecule has 1 saturated carbocycles. The summed E-state index contributed by atoms with van der Waals surface area (Å²) in [7, 11) is 2.24. The highest BCUT2D eigenvalue weighted by molar-refractivity contribution is 6.04. The molecule has 232 valence electrons. The van der Waals surface area contributed by atoms with Crippen LogP contribution >= 0.6 is 0 Å². The molecule has 4 heteroatoms. The Labute approximate surface area is 272 Å². The van der Waals surface area contributed by atoms with E-state index in [0.717, 1.165) is 17.8 Å². The molecule has 1 fully saturated rings. The van der Waals surface area contributed by atoms with Gasteiger partial charge in [-0.05, 0) is 48.8 Å². The molecular formula is C42H43N2O2+. The molecule has 46 heavy (non-hydrogen) atoms. The van der Waals surface area contributed by atoms with E-state index >= 15 is 0 Å². The number of nitrogens with zero attached hydrogens (tertiary/aromatic N) is 2. The number of para-hydroxylation sites is 1. The summed E-state index contributed by atoms with van der Waals surface area (Å²) in [5.41, 5.74) is 8.74. The molecule has 1 spiro atoms. The molecule has 2 heterocycles. The van der Waals surface area contributed by atoms with E-state index in [2.05, 4.69) is 145 Å². The number of rotatable bonds is 8. The smallest absolute Gasteiger partial charge is 0.309 e. The van der Waals surface area contributed by atoms with E-state index < -0.39 is 5.97 Å². The fraction of sp³-hybridized carbons (Fsp3) is 0.286. The summed E-state index contributed by atoms with van der Waals surface area (Å²) in [6.07, 6.45) is 18.1. The minimum atomic E-state index is -0.782. The molecule has 0 amide bonds. The molecule has 1 N–H and O–H groups in total. The van der Waals surface area contributed by atoms with Gasteiger partial charge in [-0.2, -0.15) is 4.58 Å². The van der Waals surface area contributed by atoms with Gasteiger partial charge in [0.25, 0.3) is 0 Å². The first-order chi connectivity index (χ1) is 22.4. The Morgan fingerprint density at radius 1 is 0.848 bits per heavy atom. The third-order valence-corrected chi connectivity index (χ3v) is 10.6. The average Bonchev–Trinajstić information content (AvgIpc) is 3.44. The van der Waals surface area contributed by atoms with Crippen molar-refractivity contribution in [1.82, 2.24) is 0 Å². The van der Waals surface area contributed by atoms with Gasteiger partial charge in [-0.3, -0.25) is 4.79 Å². The molecule has 0 radical (unpaired) electrons. The highest BCUT2D eigenvalue weighted by Crippen LogP contribution is 2.56. The lowest BCUT2D eigenvalue weighted by Gasteiger charge is -2.36. The number of carboxylic acids is 1. The highest BCUT2D eigenvalue weighted by atomic mass is 16.4. The molecule has 4 nitrogen and oxygen atoms in total. The second-order valence-corrected chi connectivity index (χ2v) is 13.4. The maximum Gasteiger partial charge on any atom is 0.309 e. The monoisotopic (exact) mass is 607 g/mol. The van der Waals surface area contributed by atoms with Crippen molar-refractivity contribution in [3.05, 3.63) is 144 Å². The van der Waals surface area contributed by atoms with Crippen LogP contribution in [0.5, 0.6) is 0 Å². The Morgan fingerprint density at radius 3 is 2.39 bits per heavy atom. The number of aliphatic carboxylic acids is 1. The quantitative estimate of drug-likeness (QED) is 0.160. The van der Waals surface area contributed by atoms with E-state index in [4.69, 9.17) is 0 Å². The van der Waals surface area contributed by atoms with Gasteiger partial charge in [0.15, 0.2) is 12.3 Å². The van der Waals surface area contributed by atoms with Crippen LogP contribution in [0.1, 0.15) is 62.1 Å². The summed E-state index contributed by atoms with van der Waals surface area (Å²) in [5, 5.41) is 12.2. The molecule has 3 aliphatic rings. The van der Waals surface area contributed by atoms with Crippen LogP contribution in [0, 0.1) is 0 Å². The van der Waals surface area contributed by atoms with Gasteiger partial charge in [0, 0.05) is 41.3 Å². The van der Waals surface area contributed by atoms with Crippen LogP contribution in [0.15, 0.2) is 127 Å². The summed E-state index contributed by atoms with van der Waals surface area (Å²) in [5.74, 6) is -0.782. The largest absolute Gasteiger partial charge is 0.481 e. The lowest BCUT2D eigenvalue weighted by Crippen LogP contribution is -2.34. The zero-order chi connectivity index (χ0) is 31.7. The van der Waals surface area contributed by atoms with Gasteiger partial charge in [0.2, 0.25) is 5.69 Å². The van der Waals surface area contributed by atoms with Crippen LogP contribution in [0.4, 0.5) is 11.4 Å². The summed E-state index contributed by atoms with van der Waals surface area (Å²) >= 11 is 0. The molecule has 0 aromatic heterocycles. The first kappa shape index (κ1) is 30.0. The zero-order valence-electron chi connectivity index (χ0n) is 27.0. The summed E-state index contributed by atoms with van der Waals surface area (Å²) in [6, 6.07) is 32.5. The zero-order valence-corrected chi connectivity index (χ0v) is 27.0. The second-order valence-electron chi connectivity index (χ2n) is 13.4. The molecule has 0 bridgehead atoms. The van der Waals surface area contributed by atoms with E-state index in [9.17, 15) is 9.90 Å². The standard InChI is InChI=1S/C42H42N2O2/c1-41(30-31-16-6-3-7-17-31)34-20-12-13-21-36(34)44(29-26-39(45)46)37(41)22-8-4-9-23-38-42(27-14-5-15-28-42)35-25-24-32-18-10-11-19-33(32)40(35)43(38)2/h3-4,6-13,16-25H,5,14-15,26-30H2,1-2H3/p+1. The van der Waals surface area contributed by atoms with Crippen molar-refractivity contribution < 1.29 is 14.5 Å². The van der Waals surface area contributed by atoms with Gasteiger partial charge in [-0.1, -0.05) is 122 Å². The predicted octanol–water partition coefficient (Wildman–Crippen LogP) is 9.26. The molecule has 1 unspecified atom stereocenters. The second kappa shape index (κ2) is 12.2. The van der Waals surface area contributed by atoms with Gasteiger partial charge in [0.05, 0.1) is 11.1 Å². The van der Waals surface area contributed by atoms with Gasteiger partial charge in [-0.25, -0.2) is 0 Å². The minimum absolute atomic E-state index is 0.0597. The Morgan fingerprint density at radius 2 is 1.59 bits per heavy atom. The van der Waals surface area contributed by atoms with E-state index in [1.165, 1.54) is 71.0 Å². The third-order valence-electron chi connectivity index (χ3n) is 10.6. The summed E-state index contributed by atoms with van der Waals surface area (Å²) in [4.78, 5) is 14.1. The third kappa shape index (κ3) is 5.10. The number of hydrogen-bond acceptors (Lipinski definition) is 2. The highest BCUT2D eigenvalue weighted by Gasteiger charge is 2.48. The van der Waals surface area contributed by atoms with Crippen molar-refractivity contribution in [3.8, 4) is 0 Å². The first-order valence-corrected chi connectivity index (χ1v) is 16.7. The lowest BCUT2D eigenvalue weighted by atomic mass is 9.68. The van der Waals surface area contributed by atoms with Crippen molar-refractivity contribution in [3.63, 3.8) is 0 Å². The molecular weight excluding hydrogens is 564 g/mol. The first-order valence-electron chi connectivity index (χ1n) is 16.7. The van der Waals surface area contributed by atoms with Crippen LogP contribution in [0.25, 0.3) is 10.8 Å². The van der Waals surface area contributed by atoms with Crippen molar-refractivity contribution >= 4 is 33.8 Å². The number of carbonyl (C=O) groups is 1. The number of likely N-dealkylation sites (N-methyl/N-ethyl adjacent to an activating group) is 1. The number of fused-ring (bicyclic) bond motifs is 5. The van der Waals surface area contributed by atoms with Crippen molar-refractivity contribution in [2.45, 2.75) is 62.7 Å². The van der Waals surface area contributed by atoms with Gasteiger partial charge in [0.1, 0.15) is 6.42 Å². The van der Waals surface area contributed by atoms with Gasteiger partial charge < -0.3 is 10.0 Å². The van der Waals surface area contributed by atoms with Crippen LogP contribution in [-0.2, 0) is 22.0 Å². The molecule has 2 aliphatic heterocycles. The van der Waals surface area contributed by atoms with Crippen LogP contribution < -0.4 is 4.90 Å². The number of benzene rings is 4. The Balaban J connectivity index is 1.25. The van der Waals surface area contributed by atoms with E-state index in [-0.39, 0.29) is 17.3 Å². The fourth-order valence-electron chi connectivity index (χ4n) is 8.55. The predicted molar refractivity (Wildman–Crippen MR) is 189 cm³/mol. The number of allylic oxidation sites excluding steroid dienone is 6. The lowest BCUT2D eigenvalue weighted by molar-refractivity contribution is -0.436. The van der Waals surface area contributed by atoms with Crippen LogP contribution in [0.3, 0.4) is 0 Å². The molecule has 1 aliphatic carbocycles. The van der Waals surface area contributed by atoms with Crippen LogP contribution in [0.2, 0.25) is 0 Å². The molecule has 4 aromatic rings. The van der Waals surface area contributed by atoms with Crippen molar-refractivity contribution in [2.75, 3.05) is 18.5 Å². The van der Waals surface area contributed by atoms with E-state index in [0.29, 0.717) is 6.54 Å². The topological polar surface area (TPSA) is 43.5 Å². The molecule has 7 rings (SSSR count). The Kier molecular flexibility index (Phi) is 7.98. The Bertz CT molecular complexity index is 1910. The number of carboxylic acid groups (broad SMARTS) is 1. The SMILES string of the molecule is CN1/C(=C/C=C/C=C/C2=[N+](CCC(=O)O)c3ccccc3C2(C)Cc2ccccc2)C2(CCCCC2)c2ccc3ccccc3c21. The minimum Gasteiger partial charge on any atom is -0.481 e. The summed E-state index contributed by atoms with van der Waals surface area (Å²) < 4.78 is 2.22. The van der Waals surface area contributed by atoms with Gasteiger partial charge in [-0.15, -0.1) is 0 Å². The number of hydrogen-bond donors (Lipinski definition) is 1. The molecule has 4 aromatic carbocycles. The fourth-order valence-corrected chi connectivity index (χ4v) is 8.55. The molecule has 0 saturated heterocycles. The maximum absolute atomic E-state index is 11.7. The van der Waals surface area contributed by atoms with E-state index in [1.54, 1.807) is 0 Å². The molecule has 1 atom stereocenters. The Hall–Kier alpha value is -4.70. The van der Waals surface area contributed by atoms with Crippen molar-refractivity contribution in [2.24, 2.45) is 0 Å². The van der Waals surface area contributed by atoms with Crippen LogP contribution in [-0.4, -0.2) is 35.0 Å². The number of anilines is 1. The normalized spacial score (nSPS) is 21.3. The van der Waals surface area contributed by atoms with E-state index in [1.807, 2.05) is 0 Å².